The SMILES string of the molecule is CC[C@H](C)NC(=O)[C@H](Cc1ccccc1)N(Cc1ccccc1C)C(=O)CN(c1cccc(C)c1)S(=O)(=O)c1ccc(Cl)cc1. The van der Waals surface area contributed by atoms with E-state index < -0.39 is 28.5 Å². The van der Waals surface area contributed by atoms with E-state index in [0.29, 0.717) is 10.7 Å². The molecular weight excluding hydrogens is 606 g/mol. The first-order valence-corrected chi connectivity index (χ1v) is 16.8. The first-order chi connectivity index (χ1) is 21.5. The molecule has 0 bridgehead atoms. The van der Waals surface area contributed by atoms with Crippen molar-refractivity contribution in [3.63, 3.8) is 0 Å². The summed E-state index contributed by atoms with van der Waals surface area (Å²) in [7, 11) is -4.20. The Morgan fingerprint density at radius 3 is 2.18 bits per heavy atom. The molecular formula is C36H40ClN3O4S. The monoisotopic (exact) mass is 645 g/mol. The molecule has 4 rings (SSSR count). The quantitative estimate of drug-likeness (QED) is 0.175. The molecule has 0 saturated carbocycles. The van der Waals surface area contributed by atoms with Gasteiger partial charge in [-0.05, 0) is 85.8 Å². The van der Waals surface area contributed by atoms with Gasteiger partial charge in [0.2, 0.25) is 11.8 Å². The highest BCUT2D eigenvalue weighted by molar-refractivity contribution is 7.92. The highest BCUT2D eigenvalue weighted by Crippen LogP contribution is 2.27. The number of halogens is 1. The van der Waals surface area contributed by atoms with Crippen molar-refractivity contribution >= 4 is 39.1 Å². The van der Waals surface area contributed by atoms with E-state index in [0.717, 1.165) is 33.0 Å². The summed E-state index contributed by atoms with van der Waals surface area (Å²) < 4.78 is 29.4. The minimum absolute atomic E-state index is 0.00186. The number of hydrogen-bond donors (Lipinski definition) is 1. The van der Waals surface area contributed by atoms with E-state index in [1.807, 2.05) is 88.4 Å². The molecule has 0 aromatic heterocycles. The van der Waals surface area contributed by atoms with Crippen LogP contribution in [0.15, 0.2) is 108 Å². The molecule has 9 heteroatoms. The fraction of sp³-hybridized carbons (Fsp3) is 0.278. The van der Waals surface area contributed by atoms with Crippen LogP contribution in [-0.2, 0) is 32.6 Å². The fourth-order valence-corrected chi connectivity index (χ4v) is 6.54. The Morgan fingerprint density at radius 2 is 1.53 bits per heavy atom. The van der Waals surface area contributed by atoms with Crippen molar-refractivity contribution in [2.45, 2.75) is 64.1 Å². The van der Waals surface area contributed by atoms with Crippen LogP contribution in [0.25, 0.3) is 0 Å². The second-order valence-corrected chi connectivity index (χ2v) is 13.6. The van der Waals surface area contributed by atoms with E-state index in [1.165, 1.54) is 29.2 Å². The van der Waals surface area contributed by atoms with Gasteiger partial charge in [0.05, 0.1) is 10.6 Å². The van der Waals surface area contributed by atoms with Crippen LogP contribution in [0.3, 0.4) is 0 Å². The summed E-state index contributed by atoms with van der Waals surface area (Å²) in [6.07, 6.45) is 0.977. The summed E-state index contributed by atoms with van der Waals surface area (Å²) >= 11 is 6.07. The van der Waals surface area contributed by atoms with Gasteiger partial charge in [0.1, 0.15) is 12.6 Å². The average Bonchev–Trinajstić information content (AvgIpc) is 3.02. The topological polar surface area (TPSA) is 86.8 Å². The highest BCUT2D eigenvalue weighted by Gasteiger charge is 2.35. The number of carbonyl (C=O) groups excluding carboxylic acids is 2. The van der Waals surface area contributed by atoms with Crippen LogP contribution < -0.4 is 9.62 Å². The van der Waals surface area contributed by atoms with Crippen LogP contribution >= 0.6 is 11.6 Å². The number of rotatable bonds is 13. The van der Waals surface area contributed by atoms with Gasteiger partial charge < -0.3 is 10.2 Å². The van der Waals surface area contributed by atoms with E-state index in [4.69, 9.17) is 11.6 Å². The number of nitrogens with zero attached hydrogens (tertiary/aromatic N) is 2. The molecule has 0 saturated heterocycles. The van der Waals surface area contributed by atoms with Gasteiger partial charge >= 0.3 is 0 Å². The first kappa shape index (κ1) is 33.7. The van der Waals surface area contributed by atoms with Gasteiger partial charge in [-0.3, -0.25) is 13.9 Å². The van der Waals surface area contributed by atoms with E-state index in [1.54, 1.807) is 18.2 Å². The first-order valence-electron chi connectivity index (χ1n) is 15.0. The zero-order valence-electron chi connectivity index (χ0n) is 26.1. The second-order valence-electron chi connectivity index (χ2n) is 11.3. The smallest absolute Gasteiger partial charge is 0.264 e. The summed E-state index contributed by atoms with van der Waals surface area (Å²) in [4.78, 5) is 30.0. The molecule has 0 aliphatic carbocycles. The molecule has 0 aliphatic rings. The van der Waals surface area contributed by atoms with Gasteiger partial charge in [-0.15, -0.1) is 0 Å². The van der Waals surface area contributed by atoms with Crippen molar-refractivity contribution in [1.29, 1.82) is 0 Å². The number of nitrogens with one attached hydrogen (secondary N) is 1. The van der Waals surface area contributed by atoms with E-state index in [2.05, 4.69) is 5.32 Å². The predicted octanol–water partition coefficient (Wildman–Crippen LogP) is 6.71. The number of hydrogen-bond acceptors (Lipinski definition) is 4. The van der Waals surface area contributed by atoms with Crippen LogP contribution in [0.1, 0.15) is 42.5 Å². The minimum atomic E-state index is -4.20. The fourth-order valence-electron chi connectivity index (χ4n) is 5.01. The molecule has 2 amide bonds. The van der Waals surface area contributed by atoms with Crippen molar-refractivity contribution in [2.24, 2.45) is 0 Å². The van der Waals surface area contributed by atoms with Gasteiger partial charge in [0.15, 0.2) is 0 Å². The van der Waals surface area contributed by atoms with Crippen molar-refractivity contribution in [3.8, 4) is 0 Å². The van der Waals surface area contributed by atoms with Gasteiger partial charge in [0.25, 0.3) is 10.0 Å². The van der Waals surface area contributed by atoms with Crippen LogP contribution in [0, 0.1) is 13.8 Å². The molecule has 4 aromatic rings. The van der Waals surface area contributed by atoms with Gasteiger partial charge in [0, 0.05) is 24.0 Å². The maximum Gasteiger partial charge on any atom is 0.264 e. The minimum Gasteiger partial charge on any atom is -0.352 e. The largest absolute Gasteiger partial charge is 0.352 e. The van der Waals surface area contributed by atoms with Crippen molar-refractivity contribution in [2.75, 3.05) is 10.8 Å². The molecule has 45 heavy (non-hydrogen) atoms. The standard InChI is InChI=1S/C36H40ClN3O4S/c1-5-28(4)38-36(42)34(23-29-14-7-6-8-15-29)39(24-30-16-10-9-13-27(30)3)35(41)25-40(32-17-11-12-26(2)22-32)45(43,44)33-20-18-31(37)19-21-33/h6-22,28,34H,5,23-25H2,1-4H3,(H,38,42)/t28-,34-/m0/s1. The summed E-state index contributed by atoms with van der Waals surface area (Å²) in [6, 6.07) is 29.1. The third-order valence-electron chi connectivity index (χ3n) is 7.84. The van der Waals surface area contributed by atoms with E-state index in [-0.39, 0.29) is 29.8 Å². The van der Waals surface area contributed by atoms with Crippen LogP contribution in [0.2, 0.25) is 5.02 Å². The average molecular weight is 646 g/mol. The molecule has 0 heterocycles. The molecule has 0 fully saturated rings. The summed E-state index contributed by atoms with van der Waals surface area (Å²) in [5.74, 6) is -0.796. The van der Waals surface area contributed by atoms with E-state index in [9.17, 15) is 18.0 Å². The lowest BCUT2D eigenvalue weighted by Crippen LogP contribution is -2.54. The van der Waals surface area contributed by atoms with Gasteiger partial charge in [-0.1, -0.05) is 85.3 Å². The maximum atomic E-state index is 14.6. The Bertz CT molecular complexity index is 1710. The number of aryl methyl sites for hydroxylation is 2. The van der Waals surface area contributed by atoms with Gasteiger partial charge in [-0.2, -0.15) is 0 Å². The molecule has 236 valence electrons. The summed E-state index contributed by atoms with van der Waals surface area (Å²) in [5, 5.41) is 3.46. The third kappa shape index (κ3) is 8.74. The lowest BCUT2D eigenvalue weighted by atomic mass is 10.0. The lowest BCUT2D eigenvalue weighted by molar-refractivity contribution is -0.140. The van der Waals surface area contributed by atoms with Crippen molar-refractivity contribution in [3.05, 3.63) is 130 Å². The van der Waals surface area contributed by atoms with Crippen molar-refractivity contribution in [1.82, 2.24) is 10.2 Å². The predicted molar refractivity (Wildman–Crippen MR) is 181 cm³/mol. The Balaban J connectivity index is 1.82. The molecule has 1 N–H and O–H groups in total. The Morgan fingerprint density at radius 1 is 0.867 bits per heavy atom. The number of carbonyl (C=O) groups is 2. The van der Waals surface area contributed by atoms with E-state index >= 15 is 0 Å². The molecule has 0 spiro atoms. The molecule has 0 radical (unpaired) electrons. The highest BCUT2D eigenvalue weighted by atomic mass is 35.5. The zero-order valence-corrected chi connectivity index (χ0v) is 27.7. The molecule has 4 aromatic carbocycles. The summed E-state index contributed by atoms with van der Waals surface area (Å²) in [5.41, 5.74) is 3.89. The number of anilines is 1. The number of benzene rings is 4. The van der Waals surface area contributed by atoms with Gasteiger partial charge in [-0.25, -0.2) is 8.42 Å². The normalized spacial score (nSPS) is 12.6. The van der Waals surface area contributed by atoms with Crippen molar-refractivity contribution < 1.29 is 18.0 Å². The third-order valence-corrected chi connectivity index (χ3v) is 9.88. The second kappa shape index (κ2) is 15.2. The van der Waals surface area contributed by atoms with Crippen LogP contribution in [0.4, 0.5) is 5.69 Å². The molecule has 7 nitrogen and oxygen atoms in total. The number of amides is 2. The van der Waals surface area contributed by atoms with Crippen LogP contribution in [-0.4, -0.2) is 43.8 Å². The molecule has 0 aliphatic heterocycles. The summed E-state index contributed by atoms with van der Waals surface area (Å²) in [6.45, 7) is 7.32. The molecule has 0 unspecified atom stereocenters. The zero-order chi connectivity index (χ0) is 32.6. The number of sulfonamides is 1. The Labute approximate surface area is 271 Å². The maximum absolute atomic E-state index is 14.6. The van der Waals surface area contributed by atoms with Crippen LogP contribution in [0.5, 0.6) is 0 Å². The lowest BCUT2D eigenvalue weighted by Gasteiger charge is -2.34. The Kier molecular flexibility index (Phi) is 11.4. The Hall–Kier alpha value is -4.14. The molecule has 2 atom stereocenters.